The van der Waals surface area contributed by atoms with Crippen LogP contribution in [-0.4, -0.2) is 21.9 Å². The molecule has 120 valence electrons. The first-order valence-corrected chi connectivity index (χ1v) is 7.28. The second-order valence-corrected chi connectivity index (χ2v) is 5.33. The molecule has 0 aliphatic rings. The van der Waals surface area contributed by atoms with Gasteiger partial charge in [0.2, 0.25) is 0 Å². The third-order valence-electron chi connectivity index (χ3n) is 3.27. The molecule has 1 atom stereocenters. The average molecular weight is 334 g/mol. The number of carboxylic acid groups (broad SMARTS) is 1. The van der Waals surface area contributed by atoms with E-state index in [9.17, 15) is 9.90 Å². The molecule has 23 heavy (non-hydrogen) atoms. The van der Waals surface area contributed by atoms with Crippen molar-refractivity contribution in [2.24, 2.45) is 5.16 Å². The van der Waals surface area contributed by atoms with Gasteiger partial charge in [-0.1, -0.05) is 53.2 Å². The summed E-state index contributed by atoms with van der Waals surface area (Å²) in [6.45, 7) is 1.85. The molecule has 0 aliphatic heterocycles. The molecule has 0 aliphatic carbocycles. The first-order valence-electron chi connectivity index (χ1n) is 6.90. The number of hydrogen-bond acceptors (Lipinski definition) is 4. The van der Waals surface area contributed by atoms with Gasteiger partial charge in [0.05, 0.1) is 5.71 Å². The molecule has 6 heteroatoms. The number of nitrogens with zero attached hydrogens (tertiary/aromatic N) is 1. The fourth-order valence-electron chi connectivity index (χ4n) is 2.01. The van der Waals surface area contributed by atoms with Gasteiger partial charge in [-0.2, -0.15) is 0 Å². The Bertz CT molecular complexity index is 713. The summed E-state index contributed by atoms with van der Waals surface area (Å²) in [6, 6.07) is 13.8. The Morgan fingerprint density at radius 1 is 1.22 bits per heavy atom. The molecule has 0 spiro atoms. The molecule has 0 bridgehead atoms. The van der Waals surface area contributed by atoms with E-state index in [-0.39, 0.29) is 6.61 Å². The van der Waals surface area contributed by atoms with E-state index in [0.717, 1.165) is 5.56 Å². The predicted molar refractivity (Wildman–Crippen MR) is 87.5 cm³/mol. The SMILES string of the molecule is C/C(=N\OCc1ccccc1C(O)C(=O)O)c1ccc(Cl)cc1. The smallest absolute Gasteiger partial charge is 0.337 e. The van der Waals surface area contributed by atoms with Gasteiger partial charge in [-0.15, -0.1) is 0 Å². The molecule has 0 fully saturated rings. The third-order valence-corrected chi connectivity index (χ3v) is 3.52. The van der Waals surface area contributed by atoms with Crippen LogP contribution in [0.5, 0.6) is 0 Å². The number of oxime groups is 1. The highest BCUT2D eigenvalue weighted by molar-refractivity contribution is 6.30. The second kappa shape index (κ2) is 7.76. The average Bonchev–Trinajstić information content (AvgIpc) is 2.55. The number of hydrogen-bond donors (Lipinski definition) is 2. The summed E-state index contributed by atoms with van der Waals surface area (Å²) in [5.74, 6) is -1.31. The molecule has 2 rings (SSSR count). The molecule has 2 N–H and O–H groups in total. The van der Waals surface area contributed by atoms with Crippen molar-refractivity contribution in [3.8, 4) is 0 Å². The summed E-state index contributed by atoms with van der Waals surface area (Å²) >= 11 is 5.83. The summed E-state index contributed by atoms with van der Waals surface area (Å²) in [5, 5.41) is 23.3. The minimum absolute atomic E-state index is 0.0610. The maximum atomic E-state index is 10.9. The van der Waals surface area contributed by atoms with Gasteiger partial charge in [0.25, 0.3) is 0 Å². The highest BCUT2D eigenvalue weighted by atomic mass is 35.5. The molecule has 5 nitrogen and oxygen atoms in total. The molecule has 0 aromatic heterocycles. The zero-order valence-electron chi connectivity index (χ0n) is 12.4. The molecule has 0 amide bonds. The number of carboxylic acids is 1. The van der Waals surface area contributed by atoms with Gasteiger partial charge in [-0.3, -0.25) is 0 Å². The summed E-state index contributed by atoms with van der Waals surface area (Å²) < 4.78 is 0. The van der Waals surface area contributed by atoms with E-state index in [1.165, 1.54) is 0 Å². The van der Waals surface area contributed by atoms with Crippen molar-refractivity contribution in [1.82, 2.24) is 0 Å². The lowest BCUT2D eigenvalue weighted by Crippen LogP contribution is -2.13. The van der Waals surface area contributed by atoms with E-state index < -0.39 is 12.1 Å². The van der Waals surface area contributed by atoms with Crippen LogP contribution in [0.2, 0.25) is 5.02 Å². The van der Waals surface area contributed by atoms with Crippen LogP contribution in [-0.2, 0) is 16.2 Å². The molecule has 1 unspecified atom stereocenters. The van der Waals surface area contributed by atoms with Crippen LogP contribution in [0.1, 0.15) is 29.7 Å². The van der Waals surface area contributed by atoms with Crippen molar-refractivity contribution >= 4 is 23.3 Å². The largest absolute Gasteiger partial charge is 0.479 e. The van der Waals surface area contributed by atoms with Gasteiger partial charge in [0.1, 0.15) is 6.61 Å². The number of aliphatic hydroxyl groups is 1. The Kier molecular flexibility index (Phi) is 5.73. The lowest BCUT2D eigenvalue weighted by atomic mass is 10.0. The van der Waals surface area contributed by atoms with Crippen LogP contribution in [0.4, 0.5) is 0 Å². The van der Waals surface area contributed by atoms with Crippen LogP contribution in [0.25, 0.3) is 0 Å². The zero-order valence-corrected chi connectivity index (χ0v) is 13.2. The zero-order chi connectivity index (χ0) is 16.8. The highest BCUT2D eigenvalue weighted by Crippen LogP contribution is 2.19. The van der Waals surface area contributed by atoms with Crippen LogP contribution in [0.3, 0.4) is 0 Å². The fraction of sp³-hybridized carbons (Fsp3) is 0.176. The first kappa shape index (κ1) is 17.0. The molecule has 0 heterocycles. The van der Waals surface area contributed by atoms with Crippen molar-refractivity contribution in [1.29, 1.82) is 0 Å². The van der Waals surface area contributed by atoms with Gasteiger partial charge in [0, 0.05) is 5.02 Å². The second-order valence-electron chi connectivity index (χ2n) is 4.90. The monoisotopic (exact) mass is 333 g/mol. The molecule has 0 saturated carbocycles. The Morgan fingerprint density at radius 3 is 2.52 bits per heavy atom. The Balaban J connectivity index is 2.08. The van der Waals surface area contributed by atoms with Crippen LogP contribution in [0.15, 0.2) is 53.7 Å². The van der Waals surface area contributed by atoms with Gasteiger partial charge in [0.15, 0.2) is 6.10 Å². The summed E-state index contributed by atoms with van der Waals surface area (Å²) in [6.07, 6.45) is -1.59. The number of rotatable bonds is 6. The predicted octanol–water partition coefficient (Wildman–Crippen LogP) is 3.40. The lowest BCUT2D eigenvalue weighted by molar-refractivity contribution is -0.147. The first-order chi connectivity index (χ1) is 11.0. The highest BCUT2D eigenvalue weighted by Gasteiger charge is 2.19. The van der Waals surface area contributed by atoms with E-state index in [4.69, 9.17) is 21.5 Å². The van der Waals surface area contributed by atoms with E-state index in [1.807, 2.05) is 12.1 Å². The summed E-state index contributed by atoms with van der Waals surface area (Å²) in [7, 11) is 0. The van der Waals surface area contributed by atoms with E-state index in [2.05, 4.69) is 5.16 Å². The molecule has 0 radical (unpaired) electrons. The number of aliphatic hydroxyl groups excluding tert-OH is 1. The van der Waals surface area contributed by atoms with Gasteiger partial charge in [-0.05, 0) is 35.7 Å². The molecular weight excluding hydrogens is 318 g/mol. The van der Waals surface area contributed by atoms with Gasteiger partial charge in [-0.25, -0.2) is 4.79 Å². The maximum Gasteiger partial charge on any atom is 0.337 e. The molecule has 2 aromatic rings. The molecular formula is C17H16ClNO4. The van der Waals surface area contributed by atoms with Crippen molar-refractivity contribution in [2.45, 2.75) is 19.6 Å². The van der Waals surface area contributed by atoms with Crippen LogP contribution < -0.4 is 0 Å². The minimum atomic E-state index is -1.59. The molecule has 0 saturated heterocycles. The maximum absolute atomic E-state index is 10.9. The third kappa shape index (κ3) is 4.55. The topological polar surface area (TPSA) is 79.1 Å². The Hall–Kier alpha value is -2.37. The Morgan fingerprint density at radius 2 is 1.87 bits per heavy atom. The van der Waals surface area contributed by atoms with Crippen LogP contribution >= 0.6 is 11.6 Å². The normalized spacial score (nSPS) is 12.7. The van der Waals surface area contributed by atoms with E-state index >= 15 is 0 Å². The molecule has 2 aromatic carbocycles. The standard InChI is InChI=1S/C17H16ClNO4/c1-11(12-6-8-14(18)9-7-12)19-23-10-13-4-2-3-5-15(13)16(20)17(21)22/h2-9,16,20H,10H2,1H3,(H,21,22)/b19-11+. The summed E-state index contributed by atoms with van der Waals surface area (Å²) in [4.78, 5) is 16.2. The van der Waals surface area contributed by atoms with Crippen molar-refractivity contribution in [2.75, 3.05) is 0 Å². The van der Waals surface area contributed by atoms with Crippen molar-refractivity contribution in [3.05, 3.63) is 70.2 Å². The van der Waals surface area contributed by atoms with Crippen molar-refractivity contribution in [3.63, 3.8) is 0 Å². The van der Waals surface area contributed by atoms with Crippen LogP contribution in [0, 0.1) is 0 Å². The van der Waals surface area contributed by atoms with Gasteiger partial charge < -0.3 is 15.1 Å². The number of benzene rings is 2. The van der Waals surface area contributed by atoms with E-state index in [1.54, 1.807) is 43.3 Å². The summed E-state index contributed by atoms with van der Waals surface area (Å²) in [5.41, 5.74) is 2.39. The fourth-order valence-corrected chi connectivity index (χ4v) is 2.13. The lowest BCUT2D eigenvalue weighted by Gasteiger charge is -2.11. The quantitative estimate of drug-likeness (QED) is 0.627. The number of carbonyl (C=O) groups is 1. The minimum Gasteiger partial charge on any atom is -0.479 e. The van der Waals surface area contributed by atoms with E-state index in [0.29, 0.717) is 21.9 Å². The van der Waals surface area contributed by atoms with Gasteiger partial charge >= 0.3 is 5.97 Å². The van der Waals surface area contributed by atoms with Crippen molar-refractivity contribution < 1.29 is 19.8 Å². The number of halogens is 1. The Labute approximate surface area is 138 Å². The number of aliphatic carboxylic acids is 1.